The molecule has 0 aliphatic heterocycles. The average Bonchev–Trinajstić information content (AvgIpc) is 2.29. The van der Waals surface area contributed by atoms with Gasteiger partial charge >= 0.3 is 0 Å². The van der Waals surface area contributed by atoms with Gasteiger partial charge in [0.1, 0.15) is 0 Å². The topological polar surface area (TPSA) is 0 Å². The number of allylic oxidation sites excluding steroid dienone is 2. The van der Waals surface area contributed by atoms with Gasteiger partial charge in [0.2, 0.25) is 0 Å². The lowest BCUT2D eigenvalue weighted by Crippen LogP contribution is -2.10. The van der Waals surface area contributed by atoms with Gasteiger partial charge in [0, 0.05) is 0 Å². The maximum Gasteiger partial charge on any atom is -0.0233 e. The Morgan fingerprint density at radius 2 is 1.56 bits per heavy atom. The maximum atomic E-state index is 2.54. The monoisotopic (exact) mass is 222 g/mol. The van der Waals surface area contributed by atoms with Crippen molar-refractivity contribution >= 4 is 0 Å². The molecule has 0 aromatic carbocycles. The van der Waals surface area contributed by atoms with Crippen molar-refractivity contribution in [2.45, 2.75) is 72.1 Å². The van der Waals surface area contributed by atoms with Gasteiger partial charge in [0.05, 0.1) is 0 Å². The first-order chi connectivity index (χ1) is 7.76. The fraction of sp³-hybridized carbons (Fsp3) is 0.875. The first-order valence-corrected chi connectivity index (χ1v) is 7.44. The van der Waals surface area contributed by atoms with E-state index in [-0.39, 0.29) is 0 Å². The largest absolute Gasteiger partial charge is 0.0851 e. The summed E-state index contributed by atoms with van der Waals surface area (Å²) in [5.41, 5.74) is 0. The lowest BCUT2D eigenvalue weighted by molar-refractivity contribution is 0.329. The van der Waals surface area contributed by atoms with Crippen LogP contribution in [0.4, 0.5) is 0 Å². The van der Waals surface area contributed by atoms with Gasteiger partial charge in [-0.2, -0.15) is 0 Å². The summed E-state index contributed by atoms with van der Waals surface area (Å²) in [6.07, 6.45) is 16.3. The number of rotatable bonds is 6. The van der Waals surface area contributed by atoms with E-state index >= 15 is 0 Å². The van der Waals surface area contributed by atoms with E-state index in [9.17, 15) is 0 Å². The third-order valence-electron chi connectivity index (χ3n) is 4.03. The van der Waals surface area contributed by atoms with Crippen molar-refractivity contribution in [2.24, 2.45) is 17.8 Å². The SMILES string of the molecule is CCCC(/C=C/C1CCC(C)CC1)CCC. The van der Waals surface area contributed by atoms with Crippen molar-refractivity contribution in [3.05, 3.63) is 12.2 Å². The Labute approximate surface area is 103 Å². The number of hydrogen-bond acceptors (Lipinski definition) is 0. The molecule has 16 heavy (non-hydrogen) atoms. The van der Waals surface area contributed by atoms with Crippen LogP contribution in [-0.4, -0.2) is 0 Å². The Morgan fingerprint density at radius 1 is 1.00 bits per heavy atom. The van der Waals surface area contributed by atoms with Gasteiger partial charge in [-0.25, -0.2) is 0 Å². The van der Waals surface area contributed by atoms with E-state index in [0.29, 0.717) is 0 Å². The summed E-state index contributed by atoms with van der Waals surface area (Å²) in [6.45, 7) is 7.01. The van der Waals surface area contributed by atoms with Crippen LogP contribution in [0.2, 0.25) is 0 Å². The van der Waals surface area contributed by atoms with Crippen molar-refractivity contribution in [3.8, 4) is 0 Å². The van der Waals surface area contributed by atoms with Crippen LogP contribution >= 0.6 is 0 Å². The van der Waals surface area contributed by atoms with E-state index < -0.39 is 0 Å². The van der Waals surface area contributed by atoms with Crippen LogP contribution in [-0.2, 0) is 0 Å². The van der Waals surface area contributed by atoms with Crippen LogP contribution in [0.25, 0.3) is 0 Å². The van der Waals surface area contributed by atoms with E-state index in [1.807, 2.05) is 0 Å². The van der Waals surface area contributed by atoms with E-state index in [2.05, 4.69) is 32.9 Å². The third kappa shape index (κ3) is 5.18. The van der Waals surface area contributed by atoms with E-state index in [1.54, 1.807) is 0 Å². The van der Waals surface area contributed by atoms with Gasteiger partial charge in [0.15, 0.2) is 0 Å². The van der Waals surface area contributed by atoms with Gasteiger partial charge in [-0.3, -0.25) is 0 Å². The Balaban J connectivity index is 2.31. The quantitative estimate of drug-likeness (QED) is 0.514. The molecule has 0 radical (unpaired) electrons. The Bertz CT molecular complexity index is 178. The molecule has 0 amide bonds. The minimum absolute atomic E-state index is 0.856. The highest BCUT2D eigenvalue weighted by Crippen LogP contribution is 2.29. The summed E-state index contributed by atoms with van der Waals surface area (Å²) in [6, 6.07) is 0. The predicted octanol–water partition coefficient (Wildman–Crippen LogP) is 5.59. The van der Waals surface area contributed by atoms with Crippen molar-refractivity contribution in [3.63, 3.8) is 0 Å². The summed E-state index contributed by atoms with van der Waals surface area (Å²) >= 11 is 0. The Hall–Kier alpha value is -0.260. The molecule has 1 aliphatic rings. The minimum atomic E-state index is 0.856. The van der Waals surface area contributed by atoms with Crippen LogP contribution < -0.4 is 0 Å². The molecular weight excluding hydrogens is 192 g/mol. The lowest BCUT2D eigenvalue weighted by Gasteiger charge is -2.24. The summed E-state index contributed by atoms with van der Waals surface area (Å²) in [5, 5.41) is 0. The molecule has 1 fully saturated rings. The van der Waals surface area contributed by atoms with Crippen molar-refractivity contribution < 1.29 is 0 Å². The van der Waals surface area contributed by atoms with Gasteiger partial charge < -0.3 is 0 Å². The first-order valence-electron chi connectivity index (χ1n) is 7.44. The molecule has 0 nitrogen and oxygen atoms in total. The minimum Gasteiger partial charge on any atom is -0.0851 e. The average molecular weight is 222 g/mol. The van der Waals surface area contributed by atoms with Crippen LogP contribution in [0.1, 0.15) is 72.1 Å². The predicted molar refractivity (Wildman–Crippen MR) is 73.6 cm³/mol. The fourth-order valence-corrected chi connectivity index (χ4v) is 2.87. The second kappa shape index (κ2) is 7.92. The van der Waals surface area contributed by atoms with Crippen LogP contribution in [0.3, 0.4) is 0 Å². The normalized spacial score (nSPS) is 26.8. The molecule has 0 N–H and O–H groups in total. The highest BCUT2D eigenvalue weighted by atomic mass is 14.2. The molecule has 0 unspecified atom stereocenters. The summed E-state index contributed by atoms with van der Waals surface area (Å²) in [5.74, 6) is 2.73. The smallest absolute Gasteiger partial charge is 0.0233 e. The molecule has 0 saturated heterocycles. The molecule has 1 rings (SSSR count). The Kier molecular flexibility index (Phi) is 6.84. The molecule has 1 saturated carbocycles. The zero-order valence-corrected chi connectivity index (χ0v) is 11.5. The van der Waals surface area contributed by atoms with Crippen LogP contribution in [0.5, 0.6) is 0 Å². The molecule has 94 valence electrons. The van der Waals surface area contributed by atoms with Gasteiger partial charge in [0.25, 0.3) is 0 Å². The molecule has 0 aromatic rings. The molecule has 0 atom stereocenters. The van der Waals surface area contributed by atoms with E-state index in [0.717, 1.165) is 17.8 Å². The summed E-state index contributed by atoms with van der Waals surface area (Å²) in [4.78, 5) is 0. The molecule has 1 aliphatic carbocycles. The van der Waals surface area contributed by atoms with E-state index in [4.69, 9.17) is 0 Å². The fourth-order valence-electron chi connectivity index (χ4n) is 2.87. The molecule has 0 spiro atoms. The zero-order chi connectivity index (χ0) is 11.8. The van der Waals surface area contributed by atoms with Crippen LogP contribution in [0.15, 0.2) is 12.2 Å². The second-order valence-electron chi connectivity index (χ2n) is 5.74. The second-order valence-corrected chi connectivity index (χ2v) is 5.74. The van der Waals surface area contributed by atoms with Crippen molar-refractivity contribution in [1.29, 1.82) is 0 Å². The summed E-state index contributed by atoms with van der Waals surface area (Å²) in [7, 11) is 0. The molecule has 0 aromatic heterocycles. The van der Waals surface area contributed by atoms with E-state index in [1.165, 1.54) is 51.4 Å². The third-order valence-corrected chi connectivity index (χ3v) is 4.03. The zero-order valence-electron chi connectivity index (χ0n) is 11.5. The van der Waals surface area contributed by atoms with Gasteiger partial charge in [-0.15, -0.1) is 0 Å². The van der Waals surface area contributed by atoms with Crippen LogP contribution in [0, 0.1) is 17.8 Å². The molecular formula is C16H30. The van der Waals surface area contributed by atoms with Gasteiger partial charge in [-0.1, -0.05) is 58.6 Å². The molecule has 0 bridgehead atoms. The Morgan fingerprint density at radius 3 is 2.06 bits per heavy atom. The van der Waals surface area contributed by atoms with Gasteiger partial charge in [-0.05, 0) is 43.4 Å². The number of hydrogen-bond donors (Lipinski definition) is 0. The van der Waals surface area contributed by atoms with Crippen molar-refractivity contribution in [1.82, 2.24) is 0 Å². The van der Waals surface area contributed by atoms with Crippen molar-refractivity contribution in [2.75, 3.05) is 0 Å². The standard InChI is InChI=1S/C16H30/c1-4-6-15(7-5-2)12-13-16-10-8-14(3)9-11-16/h12-16H,4-11H2,1-3H3/b13-12+. The molecule has 0 heteroatoms. The maximum absolute atomic E-state index is 2.54. The summed E-state index contributed by atoms with van der Waals surface area (Å²) < 4.78 is 0. The lowest BCUT2D eigenvalue weighted by atomic mass is 9.82. The molecule has 0 heterocycles. The first kappa shape index (κ1) is 13.8. The highest BCUT2D eigenvalue weighted by Gasteiger charge is 2.15. The highest BCUT2D eigenvalue weighted by molar-refractivity contribution is 4.94.